The summed E-state index contributed by atoms with van der Waals surface area (Å²) in [6.07, 6.45) is 1.63. The number of nitrogens with zero attached hydrogens (tertiary/aromatic N) is 3. The lowest BCUT2D eigenvalue weighted by atomic mass is 10.2. The molecule has 0 atom stereocenters. The van der Waals surface area contributed by atoms with Crippen LogP contribution in [0.2, 0.25) is 0 Å². The number of anilines is 1. The van der Waals surface area contributed by atoms with Gasteiger partial charge >= 0.3 is 0 Å². The minimum atomic E-state index is 0.217. The minimum Gasteiger partial charge on any atom is -0.508 e. The van der Waals surface area contributed by atoms with Crippen LogP contribution in [-0.2, 0) is 0 Å². The lowest BCUT2D eigenvalue weighted by Gasteiger charge is -2.08. The third-order valence-electron chi connectivity index (χ3n) is 3.10. The van der Waals surface area contributed by atoms with Gasteiger partial charge in [0.2, 0.25) is 5.82 Å². The molecule has 0 amide bonds. The Kier molecular flexibility index (Phi) is 4.33. The molecule has 0 radical (unpaired) electrons. The lowest BCUT2D eigenvalue weighted by molar-refractivity contribution is 0.328. The Balaban J connectivity index is 1.85. The van der Waals surface area contributed by atoms with Crippen molar-refractivity contribution in [3.05, 3.63) is 54.1 Å². The third kappa shape index (κ3) is 3.55. The third-order valence-corrected chi connectivity index (χ3v) is 3.10. The van der Waals surface area contributed by atoms with Gasteiger partial charge in [-0.05, 0) is 48.9 Å². The molecular formula is C17H16N4O2. The molecule has 0 aliphatic carbocycles. The van der Waals surface area contributed by atoms with E-state index < -0.39 is 0 Å². The van der Waals surface area contributed by atoms with Crippen LogP contribution in [0, 0.1) is 0 Å². The van der Waals surface area contributed by atoms with Crippen molar-refractivity contribution in [2.75, 3.05) is 12.0 Å². The maximum atomic E-state index is 9.26. The highest BCUT2D eigenvalue weighted by Gasteiger charge is 2.08. The molecular weight excluding hydrogens is 292 g/mol. The summed E-state index contributed by atoms with van der Waals surface area (Å²) in [7, 11) is 0. The summed E-state index contributed by atoms with van der Waals surface area (Å²) < 4.78 is 5.52. The smallest absolute Gasteiger partial charge is 0.259 e. The van der Waals surface area contributed by atoms with Crippen molar-refractivity contribution in [3.63, 3.8) is 0 Å². The fourth-order valence-electron chi connectivity index (χ4n) is 2.02. The highest BCUT2D eigenvalue weighted by atomic mass is 16.5. The molecule has 0 spiro atoms. The van der Waals surface area contributed by atoms with Gasteiger partial charge in [-0.2, -0.15) is 5.10 Å². The molecule has 23 heavy (non-hydrogen) atoms. The predicted molar refractivity (Wildman–Crippen MR) is 90.0 cm³/mol. The number of fused-ring (bicyclic) bond motifs is 1. The van der Waals surface area contributed by atoms with E-state index in [9.17, 15) is 5.11 Å². The second-order valence-corrected chi connectivity index (χ2v) is 4.76. The van der Waals surface area contributed by atoms with E-state index in [1.54, 1.807) is 30.5 Å². The quantitative estimate of drug-likeness (QED) is 0.559. The highest BCUT2D eigenvalue weighted by Crippen LogP contribution is 2.23. The largest absolute Gasteiger partial charge is 0.508 e. The Morgan fingerprint density at radius 2 is 1.78 bits per heavy atom. The Labute approximate surface area is 133 Å². The number of phenols is 1. The average molecular weight is 308 g/mol. The number of para-hydroxylation sites is 2. The van der Waals surface area contributed by atoms with Crippen molar-refractivity contribution in [2.24, 2.45) is 5.10 Å². The predicted octanol–water partition coefficient (Wildman–Crippen LogP) is 3.18. The molecule has 0 aliphatic heterocycles. The molecule has 116 valence electrons. The summed E-state index contributed by atoms with van der Waals surface area (Å²) in [5.41, 5.74) is 5.24. The van der Waals surface area contributed by atoms with Gasteiger partial charge < -0.3 is 9.84 Å². The van der Waals surface area contributed by atoms with Gasteiger partial charge in [-0.15, -0.1) is 0 Å². The summed E-state index contributed by atoms with van der Waals surface area (Å²) in [6, 6.07) is 14.3. The molecule has 6 heteroatoms. The van der Waals surface area contributed by atoms with Crippen LogP contribution in [0.1, 0.15) is 12.5 Å². The number of ether oxygens (including phenoxy) is 1. The Morgan fingerprint density at radius 3 is 2.48 bits per heavy atom. The molecule has 0 fully saturated rings. The van der Waals surface area contributed by atoms with Crippen LogP contribution in [0.15, 0.2) is 53.6 Å². The number of rotatable bonds is 5. The molecule has 2 N–H and O–H groups in total. The number of hydrogen-bond donors (Lipinski definition) is 2. The van der Waals surface area contributed by atoms with Crippen molar-refractivity contribution in [1.29, 1.82) is 0 Å². The zero-order valence-electron chi connectivity index (χ0n) is 12.6. The van der Waals surface area contributed by atoms with Gasteiger partial charge in [0.05, 0.1) is 23.9 Å². The molecule has 3 aromatic rings. The molecule has 0 saturated carbocycles. The summed E-state index contributed by atoms with van der Waals surface area (Å²) in [5, 5.41) is 13.4. The SMILES string of the molecule is CCOc1nc2ccccc2nc1N/N=C/c1ccc(O)cc1. The van der Waals surface area contributed by atoms with E-state index in [1.807, 2.05) is 31.2 Å². The normalized spacial score (nSPS) is 11.0. The van der Waals surface area contributed by atoms with Gasteiger partial charge in [-0.3, -0.25) is 5.43 Å². The molecule has 2 aromatic carbocycles. The topological polar surface area (TPSA) is 79.6 Å². The van der Waals surface area contributed by atoms with Gasteiger partial charge in [-0.1, -0.05) is 12.1 Å². The van der Waals surface area contributed by atoms with E-state index in [1.165, 1.54) is 0 Å². The number of nitrogens with one attached hydrogen (secondary N) is 1. The van der Waals surface area contributed by atoms with E-state index >= 15 is 0 Å². The van der Waals surface area contributed by atoms with Crippen molar-refractivity contribution in [3.8, 4) is 11.6 Å². The lowest BCUT2D eigenvalue weighted by Crippen LogP contribution is -2.03. The summed E-state index contributed by atoms with van der Waals surface area (Å²) >= 11 is 0. The van der Waals surface area contributed by atoms with Crippen LogP contribution in [0.3, 0.4) is 0 Å². The summed E-state index contributed by atoms with van der Waals surface area (Å²) in [4.78, 5) is 8.93. The van der Waals surface area contributed by atoms with Crippen LogP contribution in [-0.4, -0.2) is 27.9 Å². The molecule has 1 heterocycles. The molecule has 0 aliphatic rings. The van der Waals surface area contributed by atoms with Crippen LogP contribution >= 0.6 is 0 Å². The van der Waals surface area contributed by atoms with E-state index in [-0.39, 0.29) is 5.75 Å². The number of hydrogen-bond acceptors (Lipinski definition) is 6. The first-order chi connectivity index (χ1) is 11.3. The van der Waals surface area contributed by atoms with Crippen LogP contribution in [0.5, 0.6) is 11.6 Å². The van der Waals surface area contributed by atoms with E-state index in [0.29, 0.717) is 18.3 Å². The first kappa shape index (κ1) is 14.8. The number of aromatic hydroxyl groups is 1. The van der Waals surface area contributed by atoms with Gasteiger partial charge in [0, 0.05) is 0 Å². The number of aromatic nitrogens is 2. The van der Waals surface area contributed by atoms with Crippen LogP contribution in [0.25, 0.3) is 11.0 Å². The second kappa shape index (κ2) is 6.74. The van der Waals surface area contributed by atoms with Crippen molar-refractivity contribution in [1.82, 2.24) is 9.97 Å². The molecule has 6 nitrogen and oxygen atoms in total. The van der Waals surface area contributed by atoms with Gasteiger partial charge in [-0.25, -0.2) is 9.97 Å². The van der Waals surface area contributed by atoms with E-state index in [2.05, 4.69) is 20.5 Å². The molecule has 0 saturated heterocycles. The standard InChI is InChI=1S/C17H16N4O2/c1-2-23-17-16(19-14-5-3-4-6-15(14)20-17)21-18-11-12-7-9-13(22)10-8-12/h3-11,22H,2H2,1H3,(H,19,21)/b18-11+. The van der Waals surface area contributed by atoms with Gasteiger partial charge in [0.15, 0.2) is 0 Å². The van der Waals surface area contributed by atoms with Crippen molar-refractivity contribution < 1.29 is 9.84 Å². The molecule has 1 aromatic heterocycles. The zero-order chi connectivity index (χ0) is 16.1. The Hall–Kier alpha value is -3.15. The summed E-state index contributed by atoms with van der Waals surface area (Å²) in [5.74, 6) is 1.09. The Morgan fingerprint density at radius 1 is 1.09 bits per heavy atom. The summed E-state index contributed by atoms with van der Waals surface area (Å²) in [6.45, 7) is 2.38. The first-order valence-electron chi connectivity index (χ1n) is 7.24. The minimum absolute atomic E-state index is 0.217. The fourth-order valence-corrected chi connectivity index (χ4v) is 2.02. The highest BCUT2D eigenvalue weighted by molar-refractivity contribution is 5.81. The van der Waals surface area contributed by atoms with E-state index in [0.717, 1.165) is 16.6 Å². The fraction of sp³-hybridized carbons (Fsp3) is 0.118. The number of hydrazone groups is 1. The zero-order valence-corrected chi connectivity index (χ0v) is 12.6. The number of phenolic OH excluding ortho intramolecular Hbond substituents is 1. The molecule has 3 rings (SSSR count). The average Bonchev–Trinajstić information content (AvgIpc) is 2.57. The maximum absolute atomic E-state index is 9.26. The number of benzene rings is 2. The Bertz CT molecular complexity index is 832. The second-order valence-electron chi connectivity index (χ2n) is 4.76. The molecule has 0 unspecified atom stereocenters. The van der Waals surface area contributed by atoms with Crippen molar-refractivity contribution >= 4 is 23.1 Å². The monoisotopic (exact) mass is 308 g/mol. The van der Waals surface area contributed by atoms with Crippen LogP contribution < -0.4 is 10.2 Å². The van der Waals surface area contributed by atoms with Crippen LogP contribution in [0.4, 0.5) is 5.82 Å². The van der Waals surface area contributed by atoms with Crippen molar-refractivity contribution in [2.45, 2.75) is 6.92 Å². The first-order valence-corrected chi connectivity index (χ1v) is 7.24. The van der Waals surface area contributed by atoms with Gasteiger partial charge in [0.25, 0.3) is 5.88 Å². The maximum Gasteiger partial charge on any atom is 0.259 e. The molecule has 0 bridgehead atoms. The van der Waals surface area contributed by atoms with E-state index in [4.69, 9.17) is 4.74 Å². The van der Waals surface area contributed by atoms with Gasteiger partial charge in [0.1, 0.15) is 5.75 Å².